The summed E-state index contributed by atoms with van der Waals surface area (Å²) in [5, 5.41) is 16.0. The molecule has 1 fully saturated rings. The van der Waals surface area contributed by atoms with E-state index in [9.17, 15) is 14.7 Å². The van der Waals surface area contributed by atoms with Crippen molar-refractivity contribution in [2.45, 2.75) is 39.3 Å². The number of aryl methyl sites for hydroxylation is 1. The molecule has 0 aromatic heterocycles. The van der Waals surface area contributed by atoms with Gasteiger partial charge in [0.15, 0.2) is 5.78 Å². The maximum absolute atomic E-state index is 12.4. The van der Waals surface area contributed by atoms with E-state index in [1.807, 2.05) is 25.1 Å². The second kappa shape index (κ2) is 9.67. The fraction of sp³-hybridized carbons (Fsp3) is 0.391. The van der Waals surface area contributed by atoms with Gasteiger partial charge in [-0.25, -0.2) is 0 Å². The number of rotatable bonds is 7. The molecule has 0 radical (unpaired) electrons. The normalized spacial score (nSPS) is 15.1. The molecule has 0 bridgehead atoms. The number of hydrogen-bond acceptors (Lipinski definition) is 5. The lowest BCUT2D eigenvalue weighted by atomic mass is 10.0. The molecule has 0 aliphatic carbocycles. The number of ketones is 1. The third-order valence-electron chi connectivity index (χ3n) is 5.30. The Hall–Kier alpha value is -2.70. The smallest absolute Gasteiger partial charge is 0.238 e. The highest BCUT2D eigenvalue weighted by atomic mass is 16.3. The van der Waals surface area contributed by atoms with Gasteiger partial charge in [0, 0.05) is 41.6 Å². The van der Waals surface area contributed by atoms with Crippen LogP contribution in [0.15, 0.2) is 42.5 Å². The summed E-state index contributed by atoms with van der Waals surface area (Å²) in [6.45, 7) is 5.55. The summed E-state index contributed by atoms with van der Waals surface area (Å²) >= 11 is 0. The molecule has 6 nitrogen and oxygen atoms in total. The largest absolute Gasteiger partial charge is 0.392 e. The van der Waals surface area contributed by atoms with Gasteiger partial charge in [0.25, 0.3) is 0 Å². The average molecular weight is 396 g/mol. The first-order valence-corrected chi connectivity index (χ1v) is 10.0. The van der Waals surface area contributed by atoms with E-state index in [-0.39, 0.29) is 18.3 Å². The van der Waals surface area contributed by atoms with Crippen LogP contribution in [0.2, 0.25) is 0 Å². The predicted molar refractivity (Wildman–Crippen MR) is 115 cm³/mol. The summed E-state index contributed by atoms with van der Waals surface area (Å²) < 4.78 is 0. The van der Waals surface area contributed by atoms with E-state index in [0.29, 0.717) is 23.8 Å². The van der Waals surface area contributed by atoms with Crippen LogP contribution in [0.4, 0.5) is 11.4 Å². The molecule has 0 unspecified atom stereocenters. The Balaban J connectivity index is 1.48. The monoisotopic (exact) mass is 395 g/mol. The van der Waals surface area contributed by atoms with Crippen molar-refractivity contribution in [1.82, 2.24) is 4.90 Å². The molecule has 154 valence electrons. The van der Waals surface area contributed by atoms with Crippen LogP contribution in [0.25, 0.3) is 0 Å². The first-order chi connectivity index (χ1) is 13.9. The number of aliphatic hydroxyl groups is 1. The van der Waals surface area contributed by atoms with Crippen molar-refractivity contribution in [2.75, 3.05) is 30.3 Å². The third kappa shape index (κ3) is 5.89. The highest BCUT2D eigenvalue weighted by Crippen LogP contribution is 2.22. The zero-order valence-corrected chi connectivity index (χ0v) is 17.1. The van der Waals surface area contributed by atoms with Crippen LogP contribution in [0.3, 0.4) is 0 Å². The molecule has 1 aliphatic rings. The molecule has 2 aromatic rings. The fourth-order valence-electron chi connectivity index (χ4n) is 3.67. The molecular weight excluding hydrogens is 366 g/mol. The lowest BCUT2D eigenvalue weighted by Gasteiger charge is -2.32. The Bertz CT molecular complexity index is 873. The van der Waals surface area contributed by atoms with E-state index in [2.05, 4.69) is 15.5 Å². The molecule has 0 spiro atoms. The third-order valence-corrected chi connectivity index (χ3v) is 5.30. The minimum Gasteiger partial charge on any atom is -0.392 e. The van der Waals surface area contributed by atoms with Crippen LogP contribution in [-0.2, 0) is 11.4 Å². The van der Waals surface area contributed by atoms with Gasteiger partial charge in [0.1, 0.15) is 0 Å². The van der Waals surface area contributed by atoms with Crippen LogP contribution in [0, 0.1) is 6.92 Å². The first kappa shape index (κ1) is 21.0. The van der Waals surface area contributed by atoms with Gasteiger partial charge < -0.3 is 15.7 Å². The van der Waals surface area contributed by atoms with Crippen LogP contribution in [-0.4, -0.2) is 47.4 Å². The summed E-state index contributed by atoms with van der Waals surface area (Å²) in [5.74, 6) is -0.0909. The van der Waals surface area contributed by atoms with Crippen molar-refractivity contribution < 1.29 is 14.7 Å². The number of amides is 1. The Morgan fingerprint density at radius 3 is 2.59 bits per heavy atom. The molecule has 1 amide bonds. The number of anilines is 2. The quantitative estimate of drug-likeness (QED) is 0.627. The van der Waals surface area contributed by atoms with E-state index >= 15 is 0 Å². The minimum absolute atomic E-state index is 0.0198. The van der Waals surface area contributed by atoms with E-state index < -0.39 is 0 Å². The van der Waals surface area contributed by atoms with Gasteiger partial charge in [-0.05, 0) is 44.9 Å². The first-order valence-electron chi connectivity index (χ1n) is 10.0. The van der Waals surface area contributed by atoms with E-state index in [1.54, 1.807) is 24.3 Å². The number of benzene rings is 2. The summed E-state index contributed by atoms with van der Waals surface area (Å²) in [6.07, 6.45) is 1.87. The standard InChI is InChI=1S/C23H29N3O3/c1-16-6-7-22(19(12-16)15-27)24-20-8-10-26(11-9-20)14-23(29)25-21-5-3-4-18(13-21)17(2)28/h3-7,12-13,20,24,27H,8-11,14-15H2,1-2H3,(H,25,29). The number of carbonyl (C=O) groups is 2. The van der Waals surface area contributed by atoms with Gasteiger partial charge in [0.05, 0.1) is 13.2 Å². The molecule has 2 aromatic carbocycles. The second-order valence-electron chi connectivity index (χ2n) is 7.70. The number of hydrogen-bond donors (Lipinski definition) is 3. The van der Waals surface area contributed by atoms with Crippen LogP contribution in [0.1, 0.15) is 41.3 Å². The van der Waals surface area contributed by atoms with Crippen LogP contribution in [0.5, 0.6) is 0 Å². The van der Waals surface area contributed by atoms with Gasteiger partial charge in [-0.3, -0.25) is 14.5 Å². The highest BCUT2D eigenvalue weighted by molar-refractivity contribution is 5.97. The fourth-order valence-corrected chi connectivity index (χ4v) is 3.67. The van der Waals surface area contributed by atoms with Crippen molar-refractivity contribution in [3.8, 4) is 0 Å². The van der Waals surface area contributed by atoms with Crippen molar-refractivity contribution in [3.05, 3.63) is 59.2 Å². The number of Topliss-reactive ketones (excluding diaryl/α,β-unsaturated/α-hetero) is 1. The lowest BCUT2D eigenvalue weighted by Crippen LogP contribution is -2.42. The summed E-state index contributed by atoms with van der Waals surface area (Å²) in [4.78, 5) is 26.0. The molecule has 29 heavy (non-hydrogen) atoms. The van der Waals surface area contributed by atoms with E-state index in [1.165, 1.54) is 6.92 Å². The molecule has 1 heterocycles. The minimum atomic E-state index is -0.0711. The average Bonchev–Trinajstić information content (AvgIpc) is 2.70. The molecule has 6 heteroatoms. The topological polar surface area (TPSA) is 81.7 Å². The number of piperidine rings is 1. The summed E-state index contributed by atoms with van der Waals surface area (Å²) in [6, 6.07) is 13.4. The van der Waals surface area contributed by atoms with Crippen molar-refractivity contribution >= 4 is 23.1 Å². The van der Waals surface area contributed by atoms with Crippen molar-refractivity contribution in [2.24, 2.45) is 0 Å². The predicted octanol–water partition coefficient (Wildman–Crippen LogP) is 3.20. The SMILES string of the molecule is CC(=O)c1cccc(NC(=O)CN2CCC(Nc3ccc(C)cc3CO)CC2)c1. The summed E-state index contributed by atoms with van der Waals surface area (Å²) in [7, 11) is 0. The number of carbonyl (C=O) groups excluding carboxylic acids is 2. The molecule has 1 aliphatic heterocycles. The van der Waals surface area contributed by atoms with Gasteiger partial charge in [0.2, 0.25) is 5.91 Å². The van der Waals surface area contributed by atoms with Crippen molar-refractivity contribution in [1.29, 1.82) is 0 Å². The number of nitrogens with one attached hydrogen (secondary N) is 2. The Morgan fingerprint density at radius 1 is 1.14 bits per heavy atom. The highest BCUT2D eigenvalue weighted by Gasteiger charge is 2.21. The molecule has 1 saturated heterocycles. The van der Waals surface area contributed by atoms with Gasteiger partial charge in [-0.2, -0.15) is 0 Å². The van der Waals surface area contributed by atoms with Crippen LogP contribution >= 0.6 is 0 Å². The Kier molecular flexibility index (Phi) is 7.01. The van der Waals surface area contributed by atoms with Crippen LogP contribution < -0.4 is 10.6 Å². The maximum Gasteiger partial charge on any atom is 0.238 e. The Morgan fingerprint density at radius 2 is 1.90 bits per heavy atom. The molecule has 0 atom stereocenters. The zero-order chi connectivity index (χ0) is 20.8. The molecule has 0 saturated carbocycles. The molecule has 3 rings (SSSR count). The zero-order valence-electron chi connectivity index (χ0n) is 17.1. The maximum atomic E-state index is 12.4. The van der Waals surface area contributed by atoms with Crippen molar-refractivity contribution in [3.63, 3.8) is 0 Å². The summed E-state index contributed by atoms with van der Waals surface area (Å²) in [5.41, 5.74) is 4.27. The lowest BCUT2D eigenvalue weighted by molar-refractivity contribution is -0.117. The molecular formula is C23H29N3O3. The number of nitrogens with zero attached hydrogens (tertiary/aromatic N) is 1. The Labute approximate surface area is 171 Å². The second-order valence-corrected chi connectivity index (χ2v) is 7.70. The van der Waals surface area contributed by atoms with E-state index in [4.69, 9.17) is 0 Å². The van der Waals surface area contributed by atoms with Gasteiger partial charge >= 0.3 is 0 Å². The number of aliphatic hydroxyl groups excluding tert-OH is 1. The van der Waals surface area contributed by atoms with Gasteiger partial charge in [-0.15, -0.1) is 0 Å². The molecule has 3 N–H and O–H groups in total. The van der Waals surface area contributed by atoms with E-state index in [0.717, 1.165) is 42.7 Å². The number of likely N-dealkylation sites (tertiary alicyclic amines) is 1. The van der Waals surface area contributed by atoms with Gasteiger partial charge in [-0.1, -0.05) is 29.8 Å².